The Morgan fingerprint density at radius 3 is 2.89 bits per heavy atom. The lowest BCUT2D eigenvalue weighted by atomic mass is 10.1. The third-order valence-corrected chi connectivity index (χ3v) is 3.61. The van der Waals surface area contributed by atoms with Gasteiger partial charge >= 0.3 is 0 Å². The molecule has 1 heterocycles. The molecular weight excluding hydrogens is 243 g/mol. The van der Waals surface area contributed by atoms with E-state index in [1.54, 1.807) is 6.07 Å². The van der Waals surface area contributed by atoms with Gasteiger partial charge in [-0.1, -0.05) is 6.07 Å². The Kier molecular flexibility index (Phi) is 5.16. The van der Waals surface area contributed by atoms with Gasteiger partial charge in [-0.3, -0.25) is 0 Å². The predicted molar refractivity (Wildman–Crippen MR) is 76.0 cm³/mol. The third kappa shape index (κ3) is 3.91. The minimum atomic E-state index is -0.177. The number of halogens is 1. The lowest BCUT2D eigenvalue weighted by Gasteiger charge is -2.29. The van der Waals surface area contributed by atoms with Crippen molar-refractivity contribution in [2.45, 2.75) is 31.8 Å². The Morgan fingerprint density at radius 2 is 2.26 bits per heavy atom. The van der Waals surface area contributed by atoms with E-state index in [2.05, 4.69) is 0 Å². The fourth-order valence-electron chi connectivity index (χ4n) is 2.54. The molecule has 1 atom stereocenters. The molecule has 2 N–H and O–H groups in total. The molecule has 19 heavy (non-hydrogen) atoms. The molecule has 0 bridgehead atoms. The van der Waals surface area contributed by atoms with Gasteiger partial charge in [0.1, 0.15) is 5.82 Å². The number of likely N-dealkylation sites (N-methyl/N-ethyl adjacent to an activating group) is 1. The van der Waals surface area contributed by atoms with Crippen molar-refractivity contribution in [3.8, 4) is 0 Å². The number of hydrogen-bond donors (Lipinski definition) is 1. The summed E-state index contributed by atoms with van der Waals surface area (Å²) in [5.74, 6) is -0.177. The van der Waals surface area contributed by atoms with Crippen molar-refractivity contribution in [1.29, 1.82) is 0 Å². The fourth-order valence-corrected chi connectivity index (χ4v) is 2.54. The summed E-state index contributed by atoms with van der Waals surface area (Å²) in [5, 5.41) is 0. The average molecular weight is 266 g/mol. The first-order valence-electron chi connectivity index (χ1n) is 7.02. The van der Waals surface area contributed by atoms with Gasteiger partial charge < -0.3 is 15.4 Å². The molecule has 0 radical (unpaired) electrons. The zero-order valence-corrected chi connectivity index (χ0v) is 11.6. The van der Waals surface area contributed by atoms with Crippen LogP contribution < -0.4 is 10.6 Å². The first-order chi connectivity index (χ1) is 9.20. The lowest BCUT2D eigenvalue weighted by molar-refractivity contribution is 0.0215. The Morgan fingerprint density at radius 1 is 1.42 bits per heavy atom. The Labute approximate surface area is 114 Å². The number of benzene rings is 1. The molecule has 0 amide bonds. The van der Waals surface area contributed by atoms with Crippen LogP contribution in [0, 0.1) is 5.82 Å². The molecule has 1 aromatic carbocycles. The number of rotatable bonds is 5. The summed E-state index contributed by atoms with van der Waals surface area (Å²) in [6.45, 7) is 2.12. The van der Waals surface area contributed by atoms with Crippen LogP contribution in [0.5, 0.6) is 0 Å². The van der Waals surface area contributed by atoms with Crippen LogP contribution in [-0.4, -0.2) is 32.8 Å². The molecule has 1 aromatic rings. The molecule has 0 saturated carbocycles. The highest BCUT2D eigenvalue weighted by atomic mass is 19.1. The van der Waals surface area contributed by atoms with Crippen molar-refractivity contribution in [3.05, 3.63) is 29.6 Å². The van der Waals surface area contributed by atoms with E-state index in [4.69, 9.17) is 10.5 Å². The van der Waals surface area contributed by atoms with Crippen LogP contribution in [0.1, 0.15) is 24.8 Å². The second-order valence-electron chi connectivity index (χ2n) is 5.19. The van der Waals surface area contributed by atoms with Crippen molar-refractivity contribution in [2.75, 3.05) is 31.6 Å². The maximum absolute atomic E-state index is 14.1. The van der Waals surface area contributed by atoms with Crippen LogP contribution in [0.2, 0.25) is 0 Å². The molecule has 1 fully saturated rings. The second kappa shape index (κ2) is 6.87. The molecule has 2 rings (SSSR count). The fraction of sp³-hybridized carbons (Fsp3) is 0.600. The maximum Gasteiger partial charge on any atom is 0.146 e. The summed E-state index contributed by atoms with van der Waals surface area (Å²) in [4.78, 5) is 1.94. The normalized spacial score (nSPS) is 19.4. The van der Waals surface area contributed by atoms with Gasteiger partial charge in [0.25, 0.3) is 0 Å². The van der Waals surface area contributed by atoms with Crippen molar-refractivity contribution >= 4 is 5.69 Å². The zero-order valence-electron chi connectivity index (χ0n) is 11.6. The molecule has 1 aliphatic rings. The molecule has 0 aromatic heterocycles. The summed E-state index contributed by atoms with van der Waals surface area (Å²) >= 11 is 0. The lowest BCUT2D eigenvalue weighted by Crippen LogP contribution is -2.33. The van der Waals surface area contributed by atoms with Crippen LogP contribution in [0.4, 0.5) is 10.1 Å². The molecule has 0 aliphatic carbocycles. The van der Waals surface area contributed by atoms with Gasteiger partial charge in [-0.05, 0) is 49.9 Å². The van der Waals surface area contributed by atoms with Crippen molar-refractivity contribution < 1.29 is 9.13 Å². The van der Waals surface area contributed by atoms with Crippen LogP contribution in [0.15, 0.2) is 18.2 Å². The van der Waals surface area contributed by atoms with Gasteiger partial charge in [0, 0.05) is 20.2 Å². The molecule has 4 heteroatoms. The smallest absolute Gasteiger partial charge is 0.146 e. The van der Waals surface area contributed by atoms with E-state index in [9.17, 15) is 4.39 Å². The molecule has 1 saturated heterocycles. The van der Waals surface area contributed by atoms with Crippen LogP contribution in [0.3, 0.4) is 0 Å². The summed E-state index contributed by atoms with van der Waals surface area (Å²) < 4.78 is 19.7. The molecule has 1 aliphatic heterocycles. The van der Waals surface area contributed by atoms with E-state index in [0.29, 0.717) is 18.7 Å². The summed E-state index contributed by atoms with van der Waals surface area (Å²) in [6, 6.07) is 5.37. The molecule has 106 valence electrons. The quantitative estimate of drug-likeness (QED) is 0.889. The number of hydrogen-bond acceptors (Lipinski definition) is 3. The average Bonchev–Trinajstić information content (AvgIpc) is 2.40. The van der Waals surface area contributed by atoms with E-state index in [0.717, 1.165) is 31.6 Å². The number of anilines is 1. The highest BCUT2D eigenvalue weighted by molar-refractivity contribution is 5.48. The van der Waals surface area contributed by atoms with Crippen LogP contribution >= 0.6 is 0 Å². The highest BCUT2D eigenvalue weighted by Gasteiger charge is 2.17. The number of ether oxygens (including phenoxy) is 1. The number of nitrogens with zero attached hydrogens (tertiary/aromatic N) is 1. The first-order valence-corrected chi connectivity index (χ1v) is 7.02. The van der Waals surface area contributed by atoms with Crippen molar-refractivity contribution in [1.82, 2.24) is 0 Å². The standard InChI is InChI=1S/C15H23FN2O/c1-18(11-13-4-2-3-9-19-13)15-6-5-12(7-8-17)10-14(15)16/h5-6,10,13H,2-4,7-9,11,17H2,1H3. The van der Waals surface area contributed by atoms with Gasteiger partial charge in [0.05, 0.1) is 11.8 Å². The topological polar surface area (TPSA) is 38.5 Å². The summed E-state index contributed by atoms with van der Waals surface area (Å²) in [5.41, 5.74) is 7.07. The number of nitrogens with two attached hydrogens (primary N) is 1. The summed E-state index contributed by atoms with van der Waals surface area (Å²) in [7, 11) is 1.92. The first kappa shape index (κ1) is 14.3. The van der Waals surface area contributed by atoms with E-state index in [1.807, 2.05) is 24.1 Å². The minimum Gasteiger partial charge on any atom is -0.376 e. The van der Waals surface area contributed by atoms with Gasteiger partial charge in [-0.15, -0.1) is 0 Å². The minimum absolute atomic E-state index is 0.177. The van der Waals surface area contributed by atoms with Gasteiger partial charge in [-0.25, -0.2) is 4.39 Å². The Bertz CT molecular complexity index is 405. The van der Waals surface area contributed by atoms with Crippen molar-refractivity contribution in [3.63, 3.8) is 0 Å². The van der Waals surface area contributed by atoms with Gasteiger partial charge in [0.2, 0.25) is 0 Å². The predicted octanol–water partition coefficient (Wildman–Crippen LogP) is 2.33. The SMILES string of the molecule is CN(CC1CCCCO1)c1ccc(CCN)cc1F. The highest BCUT2D eigenvalue weighted by Crippen LogP contribution is 2.22. The Balaban J connectivity index is 1.99. The van der Waals surface area contributed by atoms with Crippen LogP contribution in [0.25, 0.3) is 0 Å². The van der Waals surface area contributed by atoms with E-state index in [1.165, 1.54) is 6.42 Å². The molecule has 3 nitrogen and oxygen atoms in total. The van der Waals surface area contributed by atoms with Gasteiger partial charge in [0.15, 0.2) is 0 Å². The Hall–Kier alpha value is -1.13. The zero-order chi connectivity index (χ0) is 13.7. The van der Waals surface area contributed by atoms with E-state index >= 15 is 0 Å². The third-order valence-electron chi connectivity index (χ3n) is 3.61. The van der Waals surface area contributed by atoms with Crippen LogP contribution in [-0.2, 0) is 11.2 Å². The van der Waals surface area contributed by atoms with E-state index < -0.39 is 0 Å². The van der Waals surface area contributed by atoms with Crippen molar-refractivity contribution in [2.24, 2.45) is 5.73 Å². The summed E-state index contributed by atoms with van der Waals surface area (Å²) in [6.07, 6.45) is 4.35. The molecule has 0 spiro atoms. The second-order valence-corrected chi connectivity index (χ2v) is 5.19. The molecule has 1 unspecified atom stereocenters. The monoisotopic (exact) mass is 266 g/mol. The van der Waals surface area contributed by atoms with E-state index in [-0.39, 0.29) is 11.9 Å². The maximum atomic E-state index is 14.1. The molecular formula is C15H23FN2O. The van der Waals surface area contributed by atoms with Gasteiger partial charge in [-0.2, -0.15) is 0 Å². The largest absolute Gasteiger partial charge is 0.376 e.